The number of carbonyl (C=O) groups is 2. The lowest BCUT2D eigenvalue weighted by Gasteiger charge is -2.12. The smallest absolute Gasteiger partial charge is 0.328 e. The molecule has 0 unspecified atom stereocenters. The number of anilines is 1. The van der Waals surface area contributed by atoms with Gasteiger partial charge >= 0.3 is 5.97 Å². The first-order valence-electron chi connectivity index (χ1n) is 4.65. The molecule has 1 aromatic carbocycles. The van der Waals surface area contributed by atoms with Crippen LogP contribution in [0.25, 0.3) is 0 Å². The Labute approximate surface area is 106 Å². The Morgan fingerprint density at radius 1 is 1.47 bits per heavy atom. The van der Waals surface area contributed by atoms with E-state index in [0.29, 0.717) is 10.2 Å². The molecule has 6 nitrogen and oxygen atoms in total. The number of aliphatic carboxylic acids is 1. The lowest BCUT2D eigenvalue weighted by atomic mass is 10.2. The number of hydrogen-bond acceptors (Lipinski definition) is 4. The molecular weight excluding hydrogens is 292 g/mol. The Kier molecular flexibility index (Phi) is 4.47. The number of aliphatic hydroxyl groups excluding tert-OH is 1. The molecule has 0 aliphatic carbocycles. The number of hydrogen-bond donors (Lipinski definition) is 4. The van der Waals surface area contributed by atoms with E-state index in [1.54, 1.807) is 6.07 Å². The third kappa shape index (κ3) is 3.43. The summed E-state index contributed by atoms with van der Waals surface area (Å²) in [5, 5.41) is 19.6. The van der Waals surface area contributed by atoms with E-state index in [0.717, 1.165) is 0 Å². The number of rotatable bonds is 4. The summed E-state index contributed by atoms with van der Waals surface area (Å²) >= 11 is 3.18. The third-order valence-corrected chi connectivity index (χ3v) is 2.77. The number of amides is 1. The summed E-state index contributed by atoms with van der Waals surface area (Å²) in [5.74, 6) is -1.91. The van der Waals surface area contributed by atoms with Crippen molar-refractivity contribution in [2.24, 2.45) is 0 Å². The molecule has 0 bridgehead atoms. The fourth-order valence-corrected chi connectivity index (χ4v) is 1.36. The molecule has 7 heteroatoms. The Morgan fingerprint density at radius 2 is 2.12 bits per heavy atom. The van der Waals surface area contributed by atoms with Crippen LogP contribution in [0.4, 0.5) is 5.69 Å². The number of carboxylic acid groups (broad SMARTS) is 1. The second-order valence-electron chi connectivity index (χ2n) is 3.28. The number of carboxylic acids is 1. The maximum atomic E-state index is 11.6. The number of nitrogens with one attached hydrogen (secondary N) is 1. The van der Waals surface area contributed by atoms with Crippen molar-refractivity contribution in [3.8, 4) is 0 Å². The van der Waals surface area contributed by atoms with E-state index in [4.69, 9.17) is 15.9 Å². The third-order valence-electron chi connectivity index (χ3n) is 2.04. The second kappa shape index (κ2) is 5.65. The largest absolute Gasteiger partial charge is 0.480 e. The average Bonchev–Trinajstić information content (AvgIpc) is 2.28. The zero-order valence-corrected chi connectivity index (χ0v) is 10.3. The minimum Gasteiger partial charge on any atom is -0.480 e. The number of halogens is 1. The van der Waals surface area contributed by atoms with Gasteiger partial charge in [0.05, 0.1) is 6.61 Å². The van der Waals surface area contributed by atoms with Crippen molar-refractivity contribution >= 4 is 33.5 Å². The van der Waals surface area contributed by atoms with Crippen molar-refractivity contribution in [2.75, 3.05) is 12.3 Å². The highest BCUT2D eigenvalue weighted by atomic mass is 79.9. The van der Waals surface area contributed by atoms with Crippen molar-refractivity contribution in [3.05, 3.63) is 28.2 Å². The average molecular weight is 303 g/mol. The normalized spacial score (nSPS) is 11.9. The Hall–Kier alpha value is -1.60. The van der Waals surface area contributed by atoms with Gasteiger partial charge in [-0.05, 0) is 34.1 Å². The van der Waals surface area contributed by atoms with Crippen LogP contribution in [0.2, 0.25) is 0 Å². The molecule has 0 saturated carbocycles. The van der Waals surface area contributed by atoms with Gasteiger partial charge in [-0.25, -0.2) is 4.79 Å². The van der Waals surface area contributed by atoms with E-state index in [1.165, 1.54) is 12.1 Å². The number of carbonyl (C=O) groups excluding carboxylic acids is 1. The topological polar surface area (TPSA) is 113 Å². The number of nitrogen functional groups attached to an aromatic ring is 1. The summed E-state index contributed by atoms with van der Waals surface area (Å²) in [6.45, 7) is -0.674. The number of nitrogens with two attached hydrogens (primary N) is 1. The fourth-order valence-electron chi connectivity index (χ4n) is 1.11. The molecule has 1 aromatic rings. The van der Waals surface area contributed by atoms with Crippen LogP contribution in [0.1, 0.15) is 10.4 Å². The van der Waals surface area contributed by atoms with Crippen molar-refractivity contribution in [2.45, 2.75) is 6.04 Å². The van der Waals surface area contributed by atoms with Gasteiger partial charge in [0.2, 0.25) is 0 Å². The molecule has 1 amide bonds. The Bertz CT molecular complexity index is 450. The predicted molar refractivity (Wildman–Crippen MR) is 64.5 cm³/mol. The van der Waals surface area contributed by atoms with Crippen LogP contribution in [-0.4, -0.2) is 34.7 Å². The molecule has 0 aliphatic heterocycles. The Morgan fingerprint density at radius 3 is 2.59 bits per heavy atom. The van der Waals surface area contributed by atoms with Crippen molar-refractivity contribution in [3.63, 3.8) is 0 Å². The standard InChI is InChI=1S/C10H11BrN2O4/c11-6-2-1-5(3-7(6)12)9(15)13-8(4-14)10(16)17/h1-3,8,14H,4,12H2,(H,13,15)(H,16,17)/t8-/m0/s1. The molecule has 0 fully saturated rings. The summed E-state index contributed by atoms with van der Waals surface area (Å²) in [6.07, 6.45) is 0. The van der Waals surface area contributed by atoms with Crippen LogP contribution in [0, 0.1) is 0 Å². The molecule has 0 heterocycles. The van der Waals surface area contributed by atoms with Gasteiger partial charge < -0.3 is 21.3 Å². The highest BCUT2D eigenvalue weighted by Gasteiger charge is 2.19. The number of aliphatic hydroxyl groups is 1. The molecule has 1 atom stereocenters. The van der Waals surface area contributed by atoms with Crippen LogP contribution in [0.15, 0.2) is 22.7 Å². The summed E-state index contributed by atoms with van der Waals surface area (Å²) in [6, 6.07) is 3.16. The van der Waals surface area contributed by atoms with Crippen LogP contribution < -0.4 is 11.1 Å². The first-order chi connectivity index (χ1) is 7.95. The number of benzene rings is 1. The molecular formula is C10H11BrN2O4. The summed E-state index contributed by atoms with van der Waals surface area (Å²) in [4.78, 5) is 22.2. The summed E-state index contributed by atoms with van der Waals surface area (Å²) in [7, 11) is 0. The van der Waals surface area contributed by atoms with Gasteiger partial charge in [0.25, 0.3) is 5.91 Å². The minimum atomic E-state index is -1.33. The van der Waals surface area contributed by atoms with E-state index in [1.807, 2.05) is 0 Å². The van der Waals surface area contributed by atoms with Crippen LogP contribution in [0.5, 0.6) is 0 Å². The SMILES string of the molecule is Nc1cc(C(=O)N[C@@H](CO)C(=O)O)ccc1Br. The second-order valence-corrected chi connectivity index (χ2v) is 4.14. The van der Waals surface area contributed by atoms with E-state index in [2.05, 4.69) is 21.2 Å². The Balaban J connectivity index is 2.82. The van der Waals surface area contributed by atoms with Gasteiger partial charge in [0.1, 0.15) is 0 Å². The molecule has 0 spiro atoms. The summed E-state index contributed by atoms with van der Waals surface area (Å²) < 4.78 is 0.644. The zero-order chi connectivity index (χ0) is 13.0. The molecule has 0 aromatic heterocycles. The molecule has 17 heavy (non-hydrogen) atoms. The van der Waals surface area contributed by atoms with Crippen LogP contribution in [0.3, 0.4) is 0 Å². The predicted octanol–water partition coefficient (Wildman–Crippen LogP) is 0.207. The molecule has 92 valence electrons. The van der Waals surface area contributed by atoms with Crippen molar-refractivity contribution in [1.82, 2.24) is 5.32 Å². The monoisotopic (exact) mass is 302 g/mol. The fraction of sp³-hybridized carbons (Fsp3) is 0.200. The maximum absolute atomic E-state index is 11.6. The summed E-state index contributed by atoms with van der Waals surface area (Å²) in [5.41, 5.74) is 6.19. The van der Waals surface area contributed by atoms with Gasteiger partial charge in [-0.2, -0.15) is 0 Å². The van der Waals surface area contributed by atoms with Crippen LogP contribution >= 0.6 is 15.9 Å². The van der Waals surface area contributed by atoms with Gasteiger partial charge in [0, 0.05) is 15.7 Å². The molecule has 0 saturated heterocycles. The van der Waals surface area contributed by atoms with Crippen molar-refractivity contribution < 1.29 is 19.8 Å². The minimum absolute atomic E-state index is 0.227. The first kappa shape index (κ1) is 13.5. The lowest BCUT2D eigenvalue weighted by Crippen LogP contribution is -2.43. The molecule has 0 radical (unpaired) electrons. The van der Waals surface area contributed by atoms with Gasteiger partial charge in [-0.1, -0.05) is 0 Å². The van der Waals surface area contributed by atoms with Crippen LogP contribution in [-0.2, 0) is 4.79 Å². The molecule has 5 N–H and O–H groups in total. The van der Waals surface area contributed by atoms with E-state index in [-0.39, 0.29) is 5.56 Å². The first-order valence-corrected chi connectivity index (χ1v) is 5.44. The maximum Gasteiger partial charge on any atom is 0.328 e. The zero-order valence-electron chi connectivity index (χ0n) is 8.68. The van der Waals surface area contributed by atoms with E-state index >= 15 is 0 Å². The highest BCUT2D eigenvalue weighted by Crippen LogP contribution is 2.20. The van der Waals surface area contributed by atoms with Gasteiger partial charge in [-0.3, -0.25) is 4.79 Å². The highest BCUT2D eigenvalue weighted by molar-refractivity contribution is 9.10. The van der Waals surface area contributed by atoms with Gasteiger partial charge in [-0.15, -0.1) is 0 Å². The van der Waals surface area contributed by atoms with E-state index in [9.17, 15) is 9.59 Å². The quantitative estimate of drug-likeness (QED) is 0.594. The molecule has 1 rings (SSSR count). The van der Waals surface area contributed by atoms with Gasteiger partial charge in [0.15, 0.2) is 6.04 Å². The van der Waals surface area contributed by atoms with E-state index < -0.39 is 24.5 Å². The van der Waals surface area contributed by atoms with Crippen molar-refractivity contribution in [1.29, 1.82) is 0 Å². The lowest BCUT2D eigenvalue weighted by molar-refractivity contribution is -0.140. The molecule has 0 aliphatic rings.